The quantitative estimate of drug-likeness (QED) is 0.0799. The Morgan fingerprint density at radius 3 is 1.41 bits per heavy atom. The number of aliphatic hydroxyl groups is 1. The Morgan fingerprint density at radius 1 is 0.627 bits per heavy atom. The fraction of sp³-hybridized carbons (Fsp3) is 0.216. The molecule has 5 atom stereocenters. The van der Waals surface area contributed by atoms with Crippen molar-refractivity contribution in [1.82, 2.24) is 4.98 Å². The molecule has 3 fully saturated rings. The third-order valence-electron chi connectivity index (χ3n) is 10.9. The summed E-state index contributed by atoms with van der Waals surface area (Å²) >= 11 is 75.9. The fourth-order valence-electron chi connectivity index (χ4n) is 8.16. The molecule has 6 aliphatic heterocycles. The van der Waals surface area contributed by atoms with Crippen molar-refractivity contribution in [3.05, 3.63) is 115 Å². The van der Waals surface area contributed by atoms with Gasteiger partial charge >= 0.3 is 268 Å². The van der Waals surface area contributed by atoms with Gasteiger partial charge in [-0.2, -0.15) is 0 Å². The van der Waals surface area contributed by atoms with Gasteiger partial charge in [0.1, 0.15) is 12.1 Å². The Morgan fingerprint density at radius 2 is 1.03 bits per heavy atom. The summed E-state index contributed by atoms with van der Waals surface area (Å²) in [7, 11) is -6.81. The molecule has 6 aliphatic rings. The Bertz CT molecular complexity index is 2400. The predicted molar refractivity (Wildman–Crippen MR) is 238 cm³/mol. The molecule has 5 aromatic rings. The first-order valence-corrected chi connectivity index (χ1v) is 24.1. The number of aromatic nitrogens is 1. The summed E-state index contributed by atoms with van der Waals surface area (Å²) in [6, 6.07) is 10.4. The number of piperidine rings is 3. The molecule has 2 bridgehead atoms. The molecular formula is C37H23Cl12N2O7P. The molecule has 0 amide bonds. The van der Waals surface area contributed by atoms with Gasteiger partial charge in [0, 0.05) is 30.3 Å². The van der Waals surface area contributed by atoms with Crippen LogP contribution in [-0.4, -0.2) is 29.2 Å². The van der Waals surface area contributed by atoms with E-state index in [9.17, 15) is 5.11 Å². The van der Waals surface area contributed by atoms with Crippen LogP contribution >= 0.6 is 147 Å². The zero-order valence-electron chi connectivity index (χ0n) is 29.2. The van der Waals surface area contributed by atoms with Crippen LogP contribution in [-0.2, 0) is 0 Å². The average molecular weight is 1060 g/mol. The zero-order valence-corrected chi connectivity index (χ0v) is 39.2. The molecular weight excluding hydrogens is 1040 g/mol. The number of halogens is 12. The van der Waals surface area contributed by atoms with Crippen molar-refractivity contribution in [1.29, 1.82) is 0 Å². The van der Waals surface area contributed by atoms with Crippen molar-refractivity contribution in [3.8, 4) is 34.5 Å². The van der Waals surface area contributed by atoms with Crippen LogP contribution in [0.2, 0.25) is 60.3 Å². The van der Waals surface area contributed by atoms with E-state index in [1.807, 2.05) is 30.5 Å². The molecule has 3 saturated heterocycles. The van der Waals surface area contributed by atoms with Gasteiger partial charge in [-0.25, -0.2) is 0 Å². The number of fused-ring (bicyclic) bond motifs is 7. The van der Waals surface area contributed by atoms with Crippen molar-refractivity contribution in [2.75, 3.05) is 13.1 Å². The number of quaternary nitrogens is 1. The van der Waals surface area contributed by atoms with Crippen LogP contribution in [0.1, 0.15) is 24.5 Å². The van der Waals surface area contributed by atoms with E-state index in [-0.39, 0.29) is 94.8 Å². The third-order valence-corrected chi connectivity index (χ3v) is 19.6. The van der Waals surface area contributed by atoms with Crippen LogP contribution < -0.4 is 32.0 Å². The first-order chi connectivity index (χ1) is 27.9. The van der Waals surface area contributed by atoms with Crippen molar-refractivity contribution < 1.29 is 37.1 Å². The van der Waals surface area contributed by atoms with E-state index in [0.29, 0.717) is 17.9 Å². The van der Waals surface area contributed by atoms with E-state index in [0.717, 1.165) is 29.4 Å². The summed E-state index contributed by atoms with van der Waals surface area (Å²) in [5.74, 6) is -0.809. The van der Waals surface area contributed by atoms with E-state index in [2.05, 4.69) is 23.7 Å². The minimum atomic E-state index is -6.81. The van der Waals surface area contributed by atoms with Gasteiger partial charge in [-0.1, -0.05) is 24.3 Å². The molecule has 0 radical (unpaired) electrons. The Hall–Kier alpha value is -1.34. The molecule has 312 valence electrons. The zero-order chi connectivity index (χ0) is 42.1. The van der Waals surface area contributed by atoms with Crippen molar-refractivity contribution in [2.24, 2.45) is 11.8 Å². The van der Waals surface area contributed by atoms with E-state index >= 15 is 0 Å². The van der Waals surface area contributed by atoms with Crippen molar-refractivity contribution in [2.45, 2.75) is 25.0 Å². The third kappa shape index (κ3) is 6.24. The van der Waals surface area contributed by atoms with Crippen LogP contribution in [0.5, 0.6) is 34.5 Å². The van der Waals surface area contributed by atoms with Crippen LogP contribution in [0, 0.1) is 11.8 Å². The Kier molecular flexibility index (Phi) is 10.6. The van der Waals surface area contributed by atoms with E-state index in [1.165, 1.54) is 13.0 Å². The first-order valence-electron chi connectivity index (χ1n) is 17.4. The monoisotopic (exact) mass is 1060 g/mol. The molecule has 2 N–H and O–H groups in total. The summed E-state index contributed by atoms with van der Waals surface area (Å²) in [5.41, 5.74) is 2.00. The summed E-state index contributed by atoms with van der Waals surface area (Å²) in [6.45, 7) is 6.29. The Labute approximate surface area is 395 Å². The number of hydrogen-bond acceptors (Lipinski definition) is 8. The number of nitrogens with one attached hydrogen (secondary N) is 1. The standard InChI is InChI=1S/C19H22N2O.C18Cl12O6P/c1-2-13-12-21-10-8-14(13)11-18(21)19(22)16-7-9-20-17-6-4-3-5-15(16)17;19-1-2(20)8(26)14-13(7(1)25)31-37(32-14,33-15-9(27)3(21)4(22)10(28)16(15)34-37)35-17-11(29)5(23)6(24)12(30)18(17)36-37/h2-7,9,13-14,18-19,22H,1,8,10-12H2;/q;-1/p+1/t13-,14?,18-,19+;/m0./s1. The molecule has 22 heteroatoms. The van der Waals surface area contributed by atoms with Crippen LogP contribution in [0.15, 0.2) is 49.2 Å². The summed E-state index contributed by atoms with van der Waals surface area (Å²) in [5, 5.41) is 9.21. The summed E-state index contributed by atoms with van der Waals surface area (Å²) < 4.78 is 36.9. The van der Waals surface area contributed by atoms with Gasteiger partial charge in [-0.3, -0.25) is 4.98 Å². The SMILES string of the molecule is C=C[C@H]1C[NH+]2CCC1C[C@H]2[C@H](O)c1ccnc2ccccc12.Clc1c(Cl)c(Cl)c2c(c1Cl)O[P-]13(O2)(Oc2c(Cl)c(Cl)c(Cl)c(Cl)c2O1)Oc1c(Cl)c(Cl)c(Cl)c(Cl)c1O3. The normalized spacial score (nSPS) is 24.6. The number of rotatable bonds is 3. The van der Waals surface area contributed by atoms with Crippen LogP contribution in [0.3, 0.4) is 0 Å². The molecule has 9 nitrogen and oxygen atoms in total. The van der Waals surface area contributed by atoms with Crippen LogP contribution in [0.25, 0.3) is 10.9 Å². The van der Waals surface area contributed by atoms with E-state index < -0.39 is 13.4 Å². The predicted octanol–water partition coefficient (Wildman–Crippen LogP) is 14.6. The van der Waals surface area contributed by atoms with Gasteiger partial charge in [-0.15, -0.1) is 6.58 Å². The van der Waals surface area contributed by atoms with E-state index in [1.54, 1.807) is 4.90 Å². The van der Waals surface area contributed by atoms with Gasteiger partial charge in [0.2, 0.25) is 0 Å². The number of hydrogen-bond donors (Lipinski definition) is 2. The minimum absolute atomic E-state index is 0.205. The second-order valence-electron chi connectivity index (χ2n) is 14.2. The molecule has 1 spiro atoms. The van der Waals surface area contributed by atoms with Gasteiger partial charge in [0.15, 0.2) is 0 Å². The molecule has 1 aromatic heterocycles. The number of para-hydroxylation sites is 1. The number of aliphatic hydroxyl groups excluding tert-OH is 1. The number of pyridine rings is 1. The molecule has 59 heavy (non-hydrogen) atoms. The maximum absolute atomic E-state index is 11.0. The summed E-state index contributed by atoms with van der Waals surface area (Å²) in [4.78, 5) is 5.95. The maximum atomic E-state index is 11.0. The van der Waals surface area contributed by atoms with Gasteiger partial charge in [0.05, 0.1) is 18.6 Å². The van der Waals surface area contributed by atoms with Gasteiger partial charge < -0.3 is 10.0 Å². The van der Waals surface area contributed by atoms with Crippen LogP contribution in [0.4, 0.5) is 0 Å². The average Bonchev–Trinajstić information content (AvgIpc) is 3.87. The van der Waals surface area contributed by atoms with Gasteiger partial charge in [-0.05, 0) is 23.6 Å². The first kappa shape index (κ1) is 42.9. The molecule has 7 heterocycles. The second-order valence-corrected chi connectivity index (χ2v) is 22.0. The molecule has 2 unspecified atom stereocenters. The van der Waals surface area contributed by atoms with Crippen molar-refractivity contribution >= 4 is 157 Å². The molecule has 4 aromatic carbocycles. The second kappa shape index (κ2) is 14.6. The molecule has 0 saturated carbocycles. The summed E-state index contributed by atoms with van der Waals surface area (Å²) in [6.07, 6.45) is 5.90. The number of nitrogens with zero attached hydrogens (tertiary/aromatic N) is 1. The topological polar surface area (TPSA) is 92.9 Å². The number of benzene rings is 4. The van der Waals surface area contributed by atoms with Crippen molar-refractivity contribution in [3.63, 3.8) is 0 Å². The molecule has 11 rings (SSSR count). The van der Waals surface area contributed by atoms with E-state index in [4.69, 9.17) is 166 Å². The van der Waals surface area contributed by atoms with Gasteiger partial charge in [0.25, 0.3) is 0 Å². The molecule has 0 aliphatic carbocycles. The Balaban J connectivity index is 0.000000173. The fourth-order valence-corrected chi connectivity index (χ4v) is 15.0.